The molecule has 1 heterocycles. The van der Waals surface area contributed by atoms with Crippen molar-refractivity contribution in [2.75, 3.05) is 7.11 Å². The van der Waals surface area contributed by atoms with Gasteiger partial charge in [0.1, 0.15) is 11.5 Å². The molecule has 0 unspecified atom stereocenters. The zero-order valence-corrected chi connectivity index (χ0v) is 11.8. The third-order valence-electron chi connectivity index (χ3n) is 3.41. The van der Waals surface area contributed by atoms with Crippen molar-refractivity contribution in [3.63, 3.8) is 0 Å². The molecule has 0 saturated heterocycles. The second-order valence-corrected chi connectivity index (χ2v) is 4.79. The number of aromatic nitrogens is 1. The highest BCUT2D eigenvalue weighted by molar-refractivity contribution is 6.04. The lowest BCUT2D eigenvalue weighted by Gasteiger charge is -2.08. The van der Waals surface area contributed by atoms with Crippen LogP contribution in [0, 0.1) is 0 Å². The molecule has 0 bridgehead atoms. The highest BCUT2D eigenvalue weighted by Crippen LogP contribution is 2.28. The number of aromatic carboxylic acids is 1. The number of benzene rings is 2. The van der Waals surface area contributed by atoms with Crippen molar-refractivity contribution in [3.05, 3.63) is 54.1 Å². The van der Waals surface area contributed by atoms with Crippen LogP contribution >= 0.6 is 0 Å². The van der Waals surface area contributed by atoms with Crippen LogP contribution in [-0.4, -0.2) is 28.3 Å². The number of hydrogen-bond acceptors (Lipinski definition) is 4. The lowest BCUT2D eigenvalue weighted by molar-refractivity contribution is 0.0699. The first-order valence-corrected chi connectivity index (χ1v) is 6.60. The number of hydrogen-bond donors (Lipinski definition) is 2. The van der Waals surface area contributed by atoms with E-state index in [2.05, 4.69) is 4.98 Å². The van der Waals surface area contributed by atoms with Crippen LogP contribution in [0.2, 0.25) is 0 Å². The quantitative estimate of drug-likeness (QED) is 0.775. The van der Waals surface area contributed by atoms with Gasteiger partial charge in [0.15, 0.2) is 0 Å². The minimum Gasteiger partial charge on any atom is -0.508 e. The Balaban J connectivity index is 2.26. The zero-order chi connectivity index (χ0) is 15.7. The molecule has 0 amide bonds. The maximum Gasteiger partial charge on any atom is 0.336 e. The van der Waals surface area contributed by atoms with Gasteiger partial charge in [0, 0.05) is 17.0 Å². The van der Waals surface area contributed by atoms with E-state index in [-0.39, 0.29) is 11.3 Å². The number of pyridine rings is 1. The van der Waals surface area contributed by atoms with Crippen LogP contribution < -0.4 is 4.74 Å². The summed E-state index contributed by atoms with van der Waals surface area (Å²) in [6, 6.07) is 13.1. The molecule has 110 valence electrons. The average Bonchev–Trinajstić information content (AvgIpc) is 2.53. The number of carboxylic acids is 1. The number of nitrogens with zero attached hydrogens (tertiary/aromatic N) is 1. The molecule has 0 saturated carbocycles. The van der Waals surface area contributed by atoms with Crippen LogP contribution in [0.3, 0.4) is 0 Å². The van der Waals surface area contributed by atoms with Crippen LogP contribution in [0.5, 0.6) is 11.5 Å². The number of phenols is 1. The number of phenolic OH excluding ortho intramolecular Hbond substituents is 1. The molecule has 5 nitrogen and oxygen atoms in total. The smallest absolute Gasteiger partial charge is 0.336 e. The van der Waals surface area contributed by atoms with Crippen molar-refractivity contribution < 1.29 is 19.7 Å². The first-order valence-electron chi connectivity index (χ1n) is 6.60. The first-order chi connectivity index (χ1) is 10.6. The van der Waals surface area contributed by atoms with Gasteiger partial charge in [0.25, 0.3) is 0 Å². The van der Waals surface area contributed by atoms with Crippen LogP contribution in [0.4, 0.5) is 0 Å². The minimum absolute atomic E-state index is 0.143. The van der Waals surface area contributed by atoms with E-state index in [4.69, 9.17) is 4.74 Å². The van der Waals surface area contributed by atoms with Gasteiger partial charge in [-0.15, -0.1) is 0 Å². The molecule has 3 rings (SSSR count). The predicted molar refractivity (Wildman–Crippen MR) is 82.4 cm³/mol. The summed E-state index contributed by atoms with van der Waals surface area (Å²) in [5.41, 5.74) is 1.97. The molecule has 3 aromatic rings. The van der Waals surface area contributed by atoms with Gasteiger partial charge < -0.3 is 14.9 Å². The van der Waals surface area contributed by atoms with Crippen molar-refractivity contribution >= 4 is 16.9 Å². The van der Waals surface area contributed by atoms with Crippen molar-refractivity contribution in [2.45, 2.75) is 0 Å². The topological polar surface area (TPSA) is 79.7 Å². The molecule has 0 atom stereocenters. The van der Waals surface area contributed by atoms with Crippen LogP contribution in [0.25, 0.3) is 22.2 Å². The van der Waals surface area contributed by atoms with E-state index in [9.17, 15) is 15.0 Å². The van der Waals surface area contributed by atoms with Crippen LogP contribution in [0.1, 0.15) is 10.4 Å². The van der Waals surface area contributed by atoms with Crippen molar-refractivity contribution in [1.82, 2.24) is 4.98 Å². The molecule has 22 heavy (non-hydrogen) atoms. The second-order valence-electron chi connectivity index (χ2n) is 4.79. The van der Waals surface area contributed by atoms with E-state index in [1.807, 2.05) is 0 Å². The molecule has 2 aromatic carbocycles. The third kappa shape index (κ3) is 2.44. The summed E-state index contributed by atoms with van der Waals surface area (Å²) in [6.07, 6.45) is 0. The van der Waals surface area contributed by atoms with E-state index in [0.717, 1.165) is 5.56 Å². The maximum absolute atomic E-state index is 11.5. The molecule has 0 spiro atoms. The average molecular weight is 295 g/mol. The molecule has 5 heteroatoms. The number of ether oxygens (including phenoxy) is 1. The van der Waals surface area contributed by atoms with E-state index in [1.165, 1.54) is 18.2 Å². The monoisotopic (exact) mass is 295 g/mol. The van der Waals surface area contributed by atoms with Crippen molar-refractivity contribution in [1.29, 1.82) is 0 Å². The number of methoxy groups -OCH3 is 1. The van der Waals surface area contributed by atoms with Gasteiger partial charge in [0.2, 0.25) is 0 Å². The normalized spacial score (nSPS) is 10.6. The van der Waals surface area contributed by atoms with Crippen molar-refractivity contribution in [3.8, 4) is 22.8 Å². The number of aromatic hydroxyl groups is 1. The molecule has 0 aliphatic heterocycles. The van der Waals surface area contributed by atoms with E-state index < -0.39 is 5.97 Å². The molecule has 0 fully saturated rings. The van der Waals surface area contributed by atoms with Crippen LogP contribution in [-0.2, 0) is 0 Å². The Morgan fingerprint density at radius 3 is 2.45 bits per heavy atom. The SMILES string of the molecule is COc1ccc2c(C(=O)O)cc(-c3ccc(O)cc3)nc2c1. The Kier molecular flexibility index (Phi) is 3.39. The highest BCUT2D eigenvalue weighted by Gasteiger charge is 2.13. The summed E-state index contributed by atoms with van der Waals surface area (Å²) < 4.78 is 5.16. The van der Waals surface area contributed by atoms with E-state index in [1.54, 1.807) is 37.4 Å². The van der Waals surface area contributed by atoms with Crippen LogP contribution in [0.15, 0.2) is 48.5 Å². The van der Waals surface area contributed by atoms with Gasteiger partial charge >= 0.3 is 5.97 Å². The van der Waals surface area contributed by atoms with Gasteiger partial charge in [-0.3, -0.25) is 0 Å². The number of carbonyl (C=O) groups is 1. The fraction of sp³-hybridized carbons (Fsp3) is 0.0588. The third-order valence-corrected chi connectivity index (χ3v) is 3.41. The van der Waals surface area contributed by atoms with Gasteiger partial charge in [-0.2, -0.15) is 0 Å². The lowest BCUT2D eigenvalue weighted by atomic mass is 10.0. The summed E-state index contributed by atoms with van der Waals surface area (Å²) in [4.78, 5) is 16.0. The summed E-state index contributed by atoms with van der Waals surface area (Å²) in [5, 5.41) is 19.3. The summed E-state index contributed by atoms with van der Waals surface area (Å²) in [5.74, 6) is -0.263. The molecule has 0 aliphatic carbocycles. The van der Waals surface area contributed by atoms with Gasteiger partial charge in [0.05, 0.1) is 23.9 Å². The predicted octanol–water partition coefficient (Wildman–Crippen LogP) is 3.31. The molecular formula is C17H13NO4. The largest absolute Gasteiger partial charge is 0.508 e. The molecule has 0 radical (unpaired) electrons. The fourth-order valence-corrected chi connectivity index (χ4v) is 2.29. The van der Waals surface area contributed by atoms with Gasteiger partial charge in [-0.1, -0.05) is 0 Å². The second kappa shape index (κ2) is 5.37. The number of fused-ring (bicyclic) bond motifs is 1. The first kappa shape index (κ1) is 13.9. The Bertz CT molecular complexity index is 856. The summed E-state index contributed by atoms with van der Waals surface area (Å²) in [6.45, 7) is 0. The number of rotatable bonds is 3. The Morgan fingerprint density at radius 2 is 1.82 bits per heavy atom. The molecular weight excluding hydrogens is 282 g/mol. The maximum atomic E-state index is 11.5. The molecule has 1 aromatic heterocycles. The van der Waals surface area contributed by atoms with Crippen molar-refractivity contribution in [2.24, 2.45) is 0 Å². The summed E-state index contributed by atoms with van der Waals surface area (Å²) in [7, 11) is 1.54. The molecule has 2 N–H and O–H groups in total. The minimum atomic E-state index is -1.02. The summed E-state index contributed by atoms with van der Waals surface area (Å²) >= 11 is 0. The van der Waals surface area contributed by atoms with E-state index >= 15 is 0 Å². The number of carboxylic acid groups (broad SMARTS) is 1. The molecule has 0 aliphatic rings. The lowest BCUT2D eigenvalue weighted by Crippen LogP contribution is -2.00. The Morgan fingerprint density at radius 1 is 1.09 bits per heavy atom. The van der Waals surface area contributed by atoms with Gasteiger partial charge in [-0.05, 0) is 42.5 Å². The standard InChI is InChI=1S/C17H13NO4/c1-22-12-6-7-13-14(17(20)21)9-15(18-16(13)8-12)10-2-4-11(19)5-3-10/h2-9,19H,1H3,(H,20,21). The zero-order valence-electron chi connectivity index (χ0n) is 11.8. The fourth-order valence-electron chi connectivity index (χ4n) is 2.29. The highest BCUT2D eigenvalue weighted by atomic mass is 16.5. The Hall–Kier alpha value is -3.08. The van der Waals surface area contributed by atoms with Gasteiger partial charge in [-0.25, -0.2) is 9.78 Å². The Labute approximate surface area is 126 Å². The van der Waals surface area contributed by atoms with E-state index in [0.29, 0.717) is 22.3 Å².